The van der Waals surface area contributed by atoms with Gasteiger partial charge in [-0.25, -0.2) is 0 Å². The van der Waals surface area contributed by atoms with Gasteiger partial charge in [-0.2, -0.15) is 0 Å². The number of rotatable bonds is 11. The number of nitrogens with zero attached hydrogens (tertiary/aromatic N) is 1. The van der Waals surface area contributed by atoms with E-state index in [1.165, 1.54) is 32.1 Å². The van der Waals surface area contributed by atoms with Crippen LogP contribution in [0.3, 0.4) is 0 Å². The number of nitrogens with two attached hydrogens (primary N) is 1. The maximum absolute atomic E-state index is 13.3. The van der Waals surface area contributed by atoms with E-state index in [1.54, 1.807) is 0 Å². The quantitative estimate of drug-likeness (QED) is 0.513. The second kappa shape index (κ2) is 13.1. The second-order valence-electron chi connectivity index (χ2n) is 10.2. The van der Waals surface area contributed by atoms with E-state index in [-0.39, 0.29) is 17.7 Å². The zero-order chi connectivity index (χ0) is 22.8. The Morgan fingerprint density at radius 2 is 1.74 bits per heavy atom. The predicted molar refractivity (Wildman–Crippen MR) is 124 cm³/mol. The first-order valence-corrected chi connectivity index (χ1v) is 12.7. The highest BCUT2D eigenvalue weighted by molar-refractivity contribution is 5.91. The molecule has 1 heterocycles. The average Bonchev–Trinajstić information content (AvgIpc) is 2.89. The molecule has 6 nitrogen and oxygen atoms in total. The number of carbonyl (C=O) groups is 3. The fourth-order valence-electron chi connectivity index (χ4n) is 5.31. The van der Waals surface area contributed by atoms with Gasteiger partial charge in [-0.3, -0.25) is 14.4 Å². The third-order valence-corrected chi connectivity index (χ3v) is 7.08. The summed E-state index contributed by atoms with van der Waals surface area (Å²) in [7, 11) is 0. The highest BCUT2D eigenvalue weighted by atomic mass is 16.2. The molecule has 1 saturated carbocycles. The molecule has 2 rings (SSSR count). The van der Waals surface area contributed by atoms with Crippen molar-refractivity contribution in [2.24, 2.45) is 29.4 Å². The van der Waals surface area contributed by atoms with Crippen LogP contribution in [0.4, 0.5) is 0 Å². The standard InChI is InChI=1S/C25H45N3O3/c1-4-5-13-20(23(26)29)21(16-18(2)3)24(30)27-22-14-9-10-15-28(25(22)31)17-19-11-7-6-8-12-19/h18-22H,4-17H2,1-3H3,(H2,26,29)(H,27,30)/t20?,21?,22-/m0/s1. The van der Waals surface area contributed by atoms with Crippen LogP contribution in [0, 0.1) is 23.7 Å². The fourth-order valence-corrected chi connectivity index (χ4v) is 5.31. The molecule has 0 aromatic rings. The first kappa shape index (κ1) is 25.7. The second-order valence-corrected chi connectivity index (χ2v) is 10.2. The Hall–Kier alpha value is -1.59. The summed E-state index contributed by atoms with van der Waals surface area (Å²) in [6.07, 6.45) is 11.9. The summed E-state index contributed by atoms with van der Waals surface area (Å²) in [6, 6.07) is -0.479. The van der Waals surface area contributed by atoms with Crippen LogP contribution in [0.25, 0.3) is 0 Å². The average molecular weight is 436 g/mol. The Bertz CT molecular complexity index is 587. The molecule has 1 aliphatic heterocycles. The van der Waals surface area contributed by atoms with Crippen LogP contribution in [0.1, 0.15) is 97.8 Å². The van der Waals surface area contributed by atoms with Gasteiger partial charge in [0.25, 0.3) is 0 Å². The van der Waals surface area contributed by atoms with Crippen LogP contribution < -0.4 is 11.1 Å². The molecule has 0 aromatic carbocycles. The van der Waals surface area contributed by atoms with Crippen molar-refractivity contribution >= 4 is 17.7 Å². The van der Waals surface area contributed by atoms with Gasteiger partial charge in [-0.1, -0.05) is 52.9 Å². The lowest BCUT2D eigenvalue weighted by atomic mass is 9.81. The summed E-state index contributed by atoms with van der Waals surface area (Å²) in [5.41, 5.74) is 5.71. The van der Waals surface area contributed by atoms with E-state index in [4.69, 9.17) is 5.73 Å². The predicted octanol–water partition coefficient (Wildman–Crippen LogP) is 4.02. The van der Waals surface area contributed by atoms with Crippen molar-refractivity contribution in [3.05, 3.63) is 0 Å². The normalized spacial score (nSPS) is 22.8. The molecule has 2 unspecified atom stereocenters. The van der Waals surface area contributed by atoms with Gasteiger partial charge in [-0.15, -0.1) is 0 Å². The summed E-state index contributed by atoms with van der Waals surface area (Å²) < 4.78 is 0. The minimum Gasteiger partial charge on any atom is -0.369 e. The monoisotopic (exact) mass is 435 g/mol. The summed E-state index contributed by atoms with van der Waals surface area (Å²) >= 11 is 0. The van der Waals surface area contributed by atoms with E-state index in [2.05, 4.69) is 26.1 Å². The number of hydrogen-bond donors (Lipinski definition) is 2. The van der Waals surface area contributed by atoms with Crippen molar-refractivity contribution < 1.29 is 14.4 Å². The molecule has 0 bridgehead atoms. The Morgan fingerprint density at radius 1 is 1.06 bits per heavy atom. The van der Waals surface area contributed by atoms with Crippen LogP contribution in [0.5, 0.6) is 0 Å². The molecule has 3 amide bonds. The van der Waals surface area contributed by atoms with E-state index >= 15 is 0 Å². The molecular formula is C25H45N3O3. The third-order valence-electron chi connectivity index (χ3n) is 7.08. The Kier molecular flexibility index (Phi) is 10.8. The van der Waals surface area contributed by atoms with Crippen molar-refractivity contribution in [1.29, 1.82) is 0 Å². The Morgan fingerprint density at radius 3 is 2.35 bits per heavy atom. The fraction of sp³-hybridized carbons (Fsp3) is 0.880. The molecule has 0 aromatic heterocycles. The minimum atomic E-state index is -0.479. The van der Waals surface area contributed by atoms with Gasteiger partial charge in [0.1, 0.15) is 6.04 Å². The number of amides is 3. The lowest BCUT2D eigenvalue weighted by Crippen LogP contribution is -2.51. The molecule has 1 aliphatic carbocycles. The van der Waals surface area contributed by atoms with Gasteiger partial charge in [0.15, 0.2) is 0 Å². The molecule has 1 saturated heterocycles. The number of nitrogens with one attached hydrogen (secondary N) is 1. The zero-order valence-corrected chi connectivity index (χ0v) is 20.0. The van der Waals surface area contributed by atoms with Crippen molar-refractivity contribution in [3.63, 3.8) is 0 Å². The van der Waals surface area contributed by atoms with Gasteiger partial charge in [0.05, 0.1) is 0 Å². The highest BCUT2D eigenvalue weighted by Crippen LogP contribution is 2.28. The molecule has 3 N–H and O–H groups in total. The van der Waals surface area contributed by atoms with Gasteiger partial charge in [0, 0.05) is 24.9 Å². The molecule has 6 heteroatoms. The summed E-state index contributed by atoms with van der Waals surface area (Å²) in [5.74, 6) is -0.592. The maximum Gasteiger partial charge on any atom is 0.245 e. The first-order valence-electron chi connectivity index (χ1n) is 12.7. The lowest BCUT2D eigenvalue weighted by molar-refractivity contribution is -0.139. The molecule has 2 fully saturated rings. The molecule has 178 valence electrons. The van der Waals surface area contributed by atoms with Crippen LogP contribution in [0.2, 0.25) is 0 Å². The molecule has 3 atom stereocenters. The number of carbonyl (C=O) groups excluding carboxylic acids is 3. The molecule has 2 aliphatic rings. The van der Waals surface area contributed by atoms with Crippen LogP contribution in [-0.2, 0) is 14.4 Å². The number of likely N-dealkylation sites (tertiary alicyclic amines) is 1. The van der Waals surface area contributed by atoms with Gasteiger partial charge in [0.2, 0.25) is 17.7 Å². The Balaban J connectivity index is 2.08. The SMILES string of the molecule is CCCCC(C(N)=O)C(CC(C)C)C(=O)N[C@H]1CCCCN(CC2CCCCC2)C1=O. The molecule has 31 heavy (non-hydrogen) atoms. The number of primary amides is 1. The maximum atomic E-state index is 13.3. The van der Waals surface area contributed by atoms with Crippen molar-refractivity contribution in [2.45, 2.75) is 104 Å². The topological polar surface area (TPSA) is 92.5 Å². The van der Waals surface area contributed by atoms with Crippen LogP contribution in [0.15, 0.2) is 0 Å². The van der Waals surface area contributed by atoms with Crippen molar-refractivity contribution in [3.8, 4) is 0 Å². The van der Waals surface area contributed by atoms with Crippen LogP contribution in [-0.4, -0.2) is 41.8 Å². The van der Waals surface area contributed by atoms with E-state index in [0.29, 0.717) is 25.2 Å². The zero-order valence-electron chi connectivity index (χ0n) is 20.0. The molecular weight excluding hydrogens is 390 g/mol. The highest BCUT2D eigenvalue weighted by Gasteiger charge is 2.36. The minimum absolute atomic E-state index is 0.0592. The van der Waals surface area contributed by atoms with E-state index in [9.17, 15) is 14.4 Å². The first-order chi connectivity index (χ1) is 14.8. The largest absolute Gasteiger partial charge is 0.369 e. The van der Waals surface area contributed by atoms with Gasteiger partial charge >= 0.3 is 0 Å². The summed E-state index contributed by atoms with van der Waals surface area (Å²) in [4.78, 5) is 40.8. The number of unbranched alkanes of at least 4 members (excludes halogenated alkanes) is 1. The Labute approximate surface area is 189 Å². The molecule has 0 spiro atoms. The van der Waals surface area contributed by atoms with E-state index in [1.807, 2.05) is 4.90 Å². The lowest BCUT2D eigenvalue weighted by Gasteiger charge is -2.32. The smallest absolute Gasteiger partial charge is 0.245 e. The summed E-state index contributed by atoms with van der Waals surface area (Å²) in [6.45, 7) is 7.79. The third kappa shape index (κ3) is 8.12. The number of hydrogen-bond acceptors (Lipinski definition) is 3. The van der Waals surface area contributed by atoms with Gasteiger partial charge in [-0.05, 0) is 56.8 Å². The summed E-state index contributed by atoms with van der Waals surface area (Å²) in [5, 5.41) is 3.06. The van der Waals surface area contributed by atoms with Gasteiger partial charge < -0.3 is 16.0 Å². The molecule has 0 radical (unpaired) electrons. The van der Waals surface area contributed by atoms with Crippen LogP contribution >= 0.6 is 0 Å². The van der Waals surface area contributed by atoms with E-state index < -0.39 is 23.8 Å². The van der Waals surface area contributed by atoms with Crippen molar-refractivity contribution in [2.75, 3.05) is 13.1 Å². The van der Waals surface area contributed by atoms with E-state index in [0.717, 1.165) is 38.8 Å². The van der Waals surface area contributed by atoms with Crippen molar-refractivity contribution in [1.82, 2.24) is 10.2 Å².